The standard InChI is InChI=1S/C30H35Cl2F4N3O4/c1-28(2,3)13-16-9-19(10-16)38(15-23(40)24-21(31)11-17(33)12-22(24)32)26(41)20-14-37-39(25(20)30(34,35)36)18-5-7-29(4,8-6-18)27(42)43/h11-12,14,16,18-19H,5-10,13,15H2,1-4H3,(H,42,43). The van der Waals surface area contributed by atoms with Gasteiger partial charge in [-0.3, -0.25) is 19.1 Å². The Balaban J connectivity index is 1.67. The van der Waals surface area contributed by atoms with Crippen LogP contribution in [0.4, 0.5) is 17.6 Å². The van der Waals surface area contributed by atoms with Crippen molar-refractivity contribution in [2.24, 2.45) is 16.7 Å². The first-order chi connectivity index (χ1) is 19.8. The quantitative estimate of drug-likeness (QED) is 0.231. The van der Waals surface area contributed by atoms with Crippen molar-refractivity contribution in [3.8, 4) is 0 Å². The molecule has 2 fully saturated rings. The second-order valence-electron chi connectivity index (χ2n) is 13.3. The second kappa shape index (κ2) is 12.0. The number of aromatic nitrogens is 2. The summed E-state index contributed by atoms with van der Waals surface area (Å²) in [6.45, 7) is 7.16. The number of aliphatic carboxylic acids is 1. The lowest BCUT2D eigenvalue weighted by Gasteiger charge is -2.44. The van der Waals surface area contributed by atoms with Gasteiger partial charge in [0.05, 0.1) is 45.4 Å². The molecule has 1 amide bonds. The van der Waals surface area contributed by atoms with E-state index in [9.17, 15) is 37.1 Å². The van der Waals surface area contributed by atoms with Gasteiger partial charge >= 0.3 is 12.1 Å². The smallest absolute Gasteiger partial charge is 0.433 e. The maximum Gasteiger partial charge on any atom is 0.433 e. The number of halogens is 6. The Morgan fingerprint density at radius 3 is 2.14 bits per heavy atom. The summed E-state index contributed by atoms with van der Waals surface area (Å²) in [5.41, 5.74) is -3.20. The molecule has 0 unspecified atom stereocenters. The van der Waals surface area contributed by atoms with Crippen LogP contribution >= 0.6 is 23.2 Å². The Morgan fingerprint density at radius 1 is 1.09 bits per heavy atom. The third-order valence-corrected chi connectivity index (χ3v) is 9.22. The third-order valence-electron chi connectivity index (χ3n) is 8.63. The van der Waals surface area contributed by atoms with E-state index in [1.54, 1.807) is 6.92 Å². The molecule has 236 valence electrons. The van der Waals surface area contributed by atoms with Gasteiger partial charge in [0.25, 0.3) is 5.91 Å². The maximum absolute atomic E-state index is 14.6. The van der Waals surface area contributed by atoms with Gasteiger partial charge in [0.2, 0.25) is 0 Å². The first-order valence-corrected chi connectivity index (χ1v) is 14.9. The van der Waals surface area contributed by atoms with Gasteiger partial charge < -0.3 is 10.0 Å². The molecule has 0 radical (unpaired) electrons. The van der Waals surface area contributed by atoms with Gasteiger partial charge in [-0.15, -0.1) is 0 Å². The normalized spacial score (nSPS) is 24.4. The summed E-state index contributed by atoms with van der Waals surface area (Å²) in [7, 11) is 0. The molecule has 43 heavy (non-hydrogen) atoms. The molecule has 1 aromatic heterocycles. The number of hydrogen-bond acceptors (Lipinski definition) is 4. The van der Waals surface area contributed by atoms with E-state index in [2.05, 4.69) is 25.9 Å². The predicted molar refractivity (Wildman–Crippen MR) is 153 cm³/mol. The van der Waals surface area contributed by atoms with Gasteiger partial charge in [-0.05, 0) is 75.3 Å². The highest BCUT2D eigenvalue weighted by molar-refractivity contribution is 6.40. The fraction of sp³-hybridized carbons (Fsp3) is 0.600. The number of amides is 1. The zero-order chi connectivity index (χ0) is 32.1. The van der Waals surface area contributed by atoms with Crippen LogP contribution in [-0.2, 0) is 11.0 Å². The number of rotatable bonds is 8. The predicted octanol–water partition coefficient (Wildman–Crippen LogP) is 8.09. The van der Waals surface area contributed by atoms with E-state index in [0.717, 1.165) is 34.3 Å². The van der Waals surface area contributed by atoms with Crippen LogP contribution in [0.1, 0.15) is 105 Å². The molecule has 4 rings (SSSR count). The summed E-state index contributed by atoms with van der Waals surface area (Å²) in [5, 5.41) is 13.0. The van der Waals surface area contributed by atoms with Crippen LogP contribution in [0, 0.1) is 22.6 Å². The largest absolute Gasteiger partial charge is 0.481 e. The van der Waals surface area contributed by atoms with E-state index < -0.39 is 65.0 Å². The summed E-state index contributed by atoms with van der Waals surface area (Å²) >= 11 is 12.2. The van der Waals surface area contributed by atoms with Gasteiger partial charge in [-0.2, -0.15) is 18.3 Å². The third kappa shape index (κ3) is 7.19. The average Bonchev–Trinajstić information content (AvgIpc) is 3.29. The van der Waals surface area contributed by atoms with Gasteiger partial charge in [0.1, 0.15) is 5.82 Å². The van der Waals surface area contributed by atoms with Crippen LogP contribution in [0.3, 0.4) is 0 Å². The molecule has 2 aromatic rings. The minimum absolute atomic E-state index is 0.00321. The number of nitrogens with zero attached hydrogens (tertiary/aromatic N) is 3. The Bertz CT molecular complexity index is 1380. The Hall–Kier alpha value is -2.66. The molecular formula is C30H35Cl2F4N3O4. The molecule has 0 atom stereocenters. The molecular weight excluding hydrogens is 613 g/mol. The summed E-state index contributed by atoms with van der Waals surface area (Å²) in [6.07, 6.45) is -1.67. The highest BCUT2D eigenvalue weighted by Gasteiger charge is 2.47. The fourth-order valence-electron chi connectivity index (χ4n) is 6.33. The molecule has 0 spiro atoms. The van der Waals surface area contributed by atoms with Crippen molar-refractivity contribution < 1.29 is 37.1 Å². The van der Waals surface area contributed by atoms with Crippen molar-refractivity contribution >= 4 is 40.9 Å². The monoisotopic (exact) mass is 647 g/mol. The van der Waals surface area contributed by atoms with Crippen molar-refractivity contribution in [3.05, 3.63) is 51.0 Å². The van der Waals surface area contributed by atoms with E-state index in [4.69, 9.17) is 23.2 Å². The van der Waals surface area contributed by atoms with Crippen molar-refractivity contribution in [1.82, 2.24) is 14.7 Å². The highest BCUT2D eigenvalue weighted by Crippen LogP contribution is 2.45. The van der Waals surface area contributed by atoms with Gasteiger partial charge in [0, 0.05) is 6.04 Å². The molecule has 0 aliphatic heterocycles. The first kappa shape index (κ1) is 33.2. The lowest BCUT2D eigenvalue weighted by molar-refractivity contribution is -0.152. The van der Waals surface area contributed by atoms with Gasteiger partial charge in [-0.25, -0.2) is 4.39 Å². The lowest BCUT2D eigenvalue weighted by atomic mass is 9.71. The van der Waals surface area contributed by atoms with Crippen LogP contribution in [0.15, 0.2) is 18.3 Å². The number of carboxylic acid groups (broad SMARTS) is 1. The van der Waals surface area contributed by atoms with Crippen LogP contribution in [0.2, 0.25) is 10.0 Å². The number of ketones is 1. The molecule has 1 N–H and O–H groups in total. The lowest BCUT2D eigenvalue weighted by Crippen LogP contribution is -2.50. The van der Waals surface area contributed by atoms with E-state index in [1.807, 2.05) is 0 Å². The van der Waals surface area contributed by atoms with Crippen LogP contribution in [0.5, 0.6) is 0 Å². The molecule has 2 saturated carbocycles. The van der Waals surface area contributed by atoms with Crippen molar-refractivity contribution in [2.75, 3.05) is 6.54 Å². The summed E-state index contributed by atoms with van der Waals surface area (Å²) in [4.78, 5) is 40.1. The average molecular weight is 649 g/mol. The molecule has 2 aliphatic rings. The minimum Gasteiger partial charge on any atom is -0.481 e. The number of carbonyl (C=O) groups is 3. The molecule has 1 aromatic carbocycles. The van der Waals surface area contributed by atoms with E-state index in [-0.39, 0.29) is 52.6 Å². The fourth-order valence-corrected chi connectivity index (χ4v) is 7.00. The first-order valence-electron chi connectivity index (χ1n) is 14.2. The van der Waals surface area contributed by atoms with Crippen molar-refractivity contribution in [2.45, 2.75) is 90.9 Å². The molecule has 0 bridgehead atoms. The van der Waals surface area contributed by atoms with Gasteiger partial charge in [0.15, 0.2) is 11.5 Å². The zero-order valence-electron chi connectivity index (χ0n) is 24.4. The van der Waals surface area contributed by atoms with E-state index >= 15 is 0 Å². The Kier molecular flexibility index (Phi) is 9.30. The van der Waals surface area contributed by atoms with Gasteiger partial charge in [-0.1, -0.05) is 44.0 Å². The molecule has 7 nitrogen and oxygen atoms in total. The van der Waals surface area contributed by atoms with E-state index in [1.165, 1.54) is 0 Å². The zero-order valence-corrected chi connectivity index (χ0v) is 25.9. The minimum atomic E-state index is -4.96. The van der Waals surface area contributed by atoms with Crippen LogP contribution < -0.4 is 0 Å². The Morgan fingerprint density at radius 2 is 1.65 bits per heavy atom. The maximum atomic E-state index is 14.6. The van der Waals surface area contributed by atoms with Crippen LogP contribution in [0.25, 0.3) is 0 Å². The number of benzene rings is 1. The topological polar surface area (TPSA) is 92.5 Å². The van der Waals surface area contributed by atoms with Crippen molar-refractivity contribution in [1.29, 1.82) is 0 Å². The van der Waals surface area contributed by atoms with Crippen molar-refractivity contribution in [3.63, 3.8) is 0 Å². The van der Waals surface area contributed by atoms with E-state index in [0.29, 0.717) is 12.8 Å². The summed E-state index contributed by atoms with van der Waals surface area (Å²) in [5.74, 6) is -3.30. The molecule has 1 heterocycles. The number of carbonyl (C=O) groups excluding carboxylic acids is 2. The molecule has 2 aliphatic carbocycles. The summed E-state index contributed by atoms with van der Waals surface area (Å²) in [6, 6.07) is 0.538. The second-order valence-corrected chi connectivity index (χ2v) is 14.1. The number of alkyl halides is 3. The Labute approximate surface area is 257 Å². The SMILES string of the molecule is CC(C)(C)CC1CC(N(CC(=O)c2c(Cl)cc(F)cc2Cl)C(=O)c2cnn(C3CCC(C)(C(=O)O)CC3)c2C(F)(F)F)C1. The van der Waals surface area contributed by atoms with Crippen LogP contribution in [-0.4, -0.2) is 50.0 Å². The number of hydrogen-bond donors (Lipinski definition) is 1. The number of Topliss-reactive ketones (excluding diaryl/α,β-unsaturated/α-hetero) is 1. The molecule has 0 saturated heterocycles. The summed E-state index contributed by atoms with van der Waals surface area (Å²) < 4.78 is 58.2. The molecule has 13 heteroatoms. The number of carboxylic acids is 1. The highest BCUT2D eigenvalue weighted by atomic mass is 35.5.